The molecule has 0 atom stereocenters. The first-order valence-corrected chi connectivity index (χ1v) is 17.5. The Balaban J connectivity index is 2.61. The molecule has 2 aromatic rings. The molecule has 2 rings (SSSR count). The molecule has 0 N–H and O–H groups in total. The Hall–Kier alpha value is -1.02. The van der Waals surface area contributed by atoms with E-state index in [1.807, 2.05) is 6.07 Å². The Morgan fingerprint density at radius 3 is 2.04 bits per heavy atom. The van der Waals surface area contributed by atoms with E-state index in [4.69, 9.17) is 5.10 Å². The summed E-state index contributed by atoms with van der Waals surface area (Å²) >= 11 is -2.58. The van der Waals surface area contributed by atoms with Crippen molar-refractivity contribution in [1.82, 2.24) is 9.78 Å². The zero-order valence-electron chi connectivity index (χ0n) is 16.4. The zero-order valence-corrected chi connectivity index (χ0v) is 19.3. The summed E-state index contributed by atoms with van der Waals surface area (Å²) in [6.07, 6.45) is 7.81. The third-order valence-corrected chi connectivity index (χ3v) is 20.7. The zero-order chi connectivity index (χ0) is 18.3. The molecule has 1 aromatic heterocycles. The van der Waals surface area contributed by atoms with Crippen molar-refractivity contribution >= 4 is 33.0 Å². The van der Waals surface area contributed by atoms with Gasteiger partial charge in [0.15, 0.2) is 0 Å². The Morgan fingerprint density at radius 1 is 1.00 bits per heavy atom. The SMILES string of the molecule is CCC[CH2][Sn]([CH2]CCC)([CH2]CCC)[c]1nn(C)c2ccc(C#N)cc12. The van der Waals surface area contributed by atoms with Crippen LogP contribution in [0.3, 0.4) is 0 Å². The molecule has 0 radical (unpaired) electrons. The van der Waals surface area contributed by atoms with Crippen LogP contribution in [0.5, 0.6) is 0 Å². The molecular weight excluding hydrogens is 413 g/mol. The number of rotatable bonds is 10. The topological polar surface area (TPSA) is 41.6 Å². The van der Waals surface area contributed by atoms with E-state index in [0.29, 0.717) is 0 Å². The van der Waals surface area contributed by atoms with Gasteiger partial charge in [0, 0.05) is 0 Å². The van der Waals surface area contributed by atoms with Gasteiger partial charge in [0.1, 0.15) is 0 Å². The normalized spacial score (nSPS) is 11.8. The second-order valence-electron chi connectivity index (χ2n) is 7.41. The van der Waals surface area contributed by atoms with Crippen LogP contribution < -0.4 is 3.71 Å². The van der Waals surface area contributed by atoms with Gasteiger partial charge in [0.05, 0.1) is 0 Å². The van der Waals surface area contributed by atoms with E-state index in [2.05, 4.69) is 50.7 Å². The summed E-state index contributed by atoms with van der Waals surface area (Å²) in [6, 6.07) is 8.44. The summed E-state index contributed by atoms with van der Waals surface area (Å²) in [6.45, 7) is 6.92. The van der Waals surface area contributed by atoms with Crippen LogP contribution in [0.25, 0.3) is 10.9 Å². The first-order chi connectivity index (χ1) is 12.1. The standard InChI is InChI=1S/C9H6N3.3C4H9.Sn/c1-12-9-3-2-7(5-10)4-8(9)6-11-12;3*1-3-4-2;/h2-4H,1H3;3*1,3-4H2,2H3;. The molecule has 0 unspecified atom stereocenters. The third kappa shape index (κ3) is 4.58. The Kier molecular flexibility index (Phi) is 7.80. The maximum atomic E-state index is 9.36. The average molecular weight is 446 g/mol. The van der Waals surface area contributed by atoms with Crippen LogP contribution in [-0.2, 0) is 7.05 Å². The van der Waals surface area contributed by atoms with Crippen molar-refractivity contribution in [3.8, 4) is 6.07 Å². The molecule has 136 valence electrons. The Morgan fingerprint density at radius 2 is 1.56 bits per heavy atom. The van der Waals surface area contributed by atoms with E-state index >= 15 is 0 Å². The minimum absolute atomic E-state index is 0.767. The van der Waals surface area contributed by atoms with Crippen LogP contribution in [-0.4, -0.2) is 28.2 Å². The van der Waals surface area contributed by atoms with Crippen molar-refractivity contribution in [2.24, 2.45) is 7.05 Å². The van der Waals surface area contributed by atoms with Gasteiger partial charge >= 0.3 is 158 Å². The van der Waals surface area contributed by atoms with Gasteiger partial charge in [0.2, 0.25) is 0 Å². The molecule has 1 heterocycles. The quantitative estimate of drug-likeness (QED) is 0.453. The average Bonchev–Trinajstić information content (AvgIpc) is 2.98. The Labute approximate surface area is 157 Å². The molecule has 0 spiro atoms. The van der Waals surface area contributed by atoms with Crippen molar-refractivity contribution in [3.05, 3.63) is 23.8 Å². The van der Waals surface area contributed by atoms with Crippen molar-refractivity contribution in [2.75, 3.05) is 0 Å². The summed E-state index contributed by atoms with van der Waals surface area (Å²) in [4.78, 5) is 0. The second-order valence-corrected chi connectivity index (χ2v) is 20.3. The summed E-state index contributed by atoms with van der Waals surface area (Å²) < 4.78 is 7.73. The number of unbranched alkanes of at least 4 members (excludes halogenated alkanes) is 3. The van der Waals surface area contributed by atoms with E-state index in [-0.39, 0.29) is 0 Å². The molecule has 4 heteroatoms. The molecule has 0 saturated heterocycles. The first-order valence-electron chi connectivity index (χ1n) is 9.99. The van der Waals surface area contributed by atoms with Gasteiger partial charge in [-0.25, -0.2) is 0 Å². The molecule has 0 bridgehead atoms. The molecule has 0 fully saturated rings. The number of nitriles is 1. The molecule has 0 aliphatic carbocycles. The van der Waals surface area contributed by atoms with Gasteiger partial charge in [-0.2, -0.15) is 0 Å². The van der Waals surface area contributed by atoms with Gasteiger partial charge in [0.25, 0.3) is 0 Å². The number of nitrogens with zero attached hydrogens (tertiary/aromatic N) is 3. The molecule has 0 saturated carbocycles. The predicted octanol–water partition coefficient (Wildman–Crippen LogP) is 5.50. The van der Waals surface area contributed by atoms with Gasteiger partial charge in [-0.1, -0.05) is 0 Å². The number of hydrogen-bond acceptors (Lipinski definition) is 2. The molecular formula is C21H33N3Sn. The van der Waals surface area contributed by atoms with Gasteiger partial charge in [-0.05, 0) is 0 Å². The van der Waals surface area contributed by atoms with Crippen molar-refractivity contribution < 1.29 is 0 Å². The predicted molar refractivity (Wildman–Crippen MR) is 110 cm³/mol. The van der Waals surface area contributed by atoms with Gasteiger partial charge in [-0.15, -0.1) is 0 Å². The molecule has 25 heavy (non-hydrogen) atoms. The maximum absolute atomic E-state index is 9.36. The number of aryl methyl sites for hydroxylation is 1. The fourth-order valence-corrected chi connectivity index (χ4v) is 20.2. The van der Waals surface area contributed by atoms with Crippen LogP contribution in [0.15, 0.2) is 18.2 Å². The Bertz CT molecular complexity index is 705. The van der Waals surface area contributed by atoms with Crippen molar-refractivity contribution in [1.29, 1.82) is 5.26 Å². The number of aromatic nitrogens is 2. The van der Waals surface area contributed by atoms with Crippen LogP contribution in [0, 0.1) is 11.3 Å². The fourth-order valence-electron chi connectivity index (χ4n) is 4.00. The van der Waals surface area contributed by atoms with Crippen LogP contribution in [0.4, 0.5) is 0 Å². The van der Waals surface area contributed by atoms with E-state index in [1.54, 1.807) is 0 Å². The number of hydrogen-bond donors (Lipinski definition) is 0. The molecule has 1 aromatic carbocycles. The van der Waals surface area contributed by atoms with Crippen molar-refractivity contribution in [2.45, 2.75) is 72.6 Å². The third-order valence-electron chi connectivity index (χ3n) is 5.51. The van der Waals surface area contributed by atoms with E-state index in [0.717, 1.165) is 5.56 Å². The summed E-state index contributed by atoms with van der Waals surface area (Å²) in [7, 11) is 2.06. The minimum atomic E-state index is -2.58. The molecule has 3 nitrogen and oxygen atoms in total. The van der Waals surface area contributed by atoms with Gasteiger partial charge < -0.3 is 0 Å². The van der Waals surface area contributed by atoms with Crippen LogP contribution in [0.2, 0.25) is 13.3 Å². The monoisotopic (exact) mass is 447 g/mol. The van der Waals surface area contributed by atoms with E-state index in [1.165, 1.54) is 66.4 Å². The second kappa shape index (κ2) is 9.61. The van der Waals surface area contributed by atoms with Crippen LogP contribution in [0.1, 0.15) is 64.9 Å². The van der Waals surface area contributed by atoms with E-state index in [9.17, 15) is 5.26 Å². The number of fused-ring (bicyclic) bond motifs is 1. The van der Waals surface area contributed by atoms with Crippen LogP contribution >= 0.6 is 0 Å². The first kappa shape index (κ1) is 20.3. The summed E-state index contributed by atoms with van der Waals surface area (Å²) in [5.74, 6) is 0. The number of benzene rings is 1. The summed E-state index contributed by atoms with van der Waals surface area (Å²) in [5, 5.41) is 15.7. The fraction of sp³-hybridized carbons (Fsp3) is 0.619. The molecule has 0 amide bonds. The van der Waals surface area contributed by atoms with E-state index < -0.39 is 18.4 Å². The van der Waals surface area contributed by atoms with Gasteiger partial charge in [-0.3, -0.25) is 0 Å². The van der Waals surface area contributed by atoms with Crippen molar-refractivity contribution in [3.63, 3.8) is 0 Å². The summed E-state index contributed by atoms with van der Waals surface area (Å²) in [5.41, 5.74) is 1.96. The molecule has 0 aliphatic rings. The molecule has 0 aliphatic heterocycles.